The molecule has 102 valence electrons. The lowest BCUT2D eigenvalue weighted by atomic mass is 10.1. The Morgan fingerprint density at radius 2 is 2.21 bits per heavy atom. The van der Waals surface area contributed by atoms with E-state index < -0.39 is 0 Å². The SMILES string of the molecule is COC(C)CCOC(=O)C1=Cc2ccccc2OC1. The zero-order valence-corrected chi connectivity index (χ0v) is 11.2. The molecular formula is C15H18O4. The molecule has 0 bridgehead atoms. The number of ether oxygens (including phenoxy) is 3. The summed E-state index contributed by atoms with van der Waals surface area (Å²) in [5, 5.41) is 0. The van der Waals surface area contributed by atoms with Gasteiger partial charge in [-0.2, -0.15) is 0 Å². The molecule has 1 atom stereocenters. The maximum atomic E-state index is 11.9. The van der Waals surface area contributed by atoms with E-state index in [9.17, 15) is 4.79 Å². The van der Waals surface area contributed by atoms with Gasteiger partial charge >= 0.3 is 5.97 Å². The summed E-state index contributed by atoms with van der Waals surface area (Å²) in [6.45, 7) is 2.55. The van der Waals surface area contributed by atoms with Crippen LogP contribution in [0.15, 0.2) is 29.8 Å². The van der Waals surface area contributed by atoms with Gasteiger partial charge < -0.3 is 14.2 Å². The van der Waals surface area contributed by atoms with E-state index in [2.05, 4.69) is 0 Å². The number of fused-ring (bicyclic) bond motifs is 1. The number of carbonyl (C=O) groups is 1. The minimum absolute atomic E-state index is 0.0881. The number of hydrogen-bond acceptors (Lipinski definition) is 4. The highest BCUT2D eigenvalue weighted by Crippen LogP contribution is 2.26. The Bertz CT molecular complexity index is 479. The van der Waals surface area contributed by atoms with Crippen LogP contribution in [0.25, 0.3) is 6.08 Å². The second kappa shape index (κ2) is 6.38. The molecule has 1 aromatic carbocycles. The minimum Gasteiger partial charge on any atom is -0.488 e. The average molecular weight is 262 g/mol. The van der Waals surface area contributed by atoms with Crippen molar-refractivity contribution in [1.82, 2.24) is 0 Å². The molecule has 4 heteroatoms. The molecule has 1 aromatic rings. The van der Waals surface area contributed by atoms with Crippen molar-refractivity contribution in [3.63, 3.8) is 0 Å². The molecule has 0 saturated heterocycles. The molecule has 1 heterocycles. The zero-order chi connectivity index (χ0) is 13.7. The third-order valence-corrected chi connectivity index (χ3v) is 3.05. The van der Waals surface area contributed by atoms with Gasteiger partial charge in [0.05, 0.1) is 18.3 Å². The second-order valence-corrected chi connectivity index (χ2v) is 4.47. The molecule has 0 spiro atoms. The predicted octanol–water partition coefficient (Wildman–Crippen LogP) is 2.43. The summed E-state index contributed by atoms with van der Waals surface area (Å²) in [4.78, 5) is 11.9. The minimum atomic E-state index is -0.321. The van der Waals surface area contributed by atoms with Gasteiger partial charge in [-0.3, -0.25) is 0 Å². The van der Waals surface area contributed by atoms with Gasteiger partial charge in [0, 0.05) is 19.1 Å². The topological polar surface area (TPSA) is 44.8 Å². The quantitative estimate of drug-likeness (QED) is 0.764. The molecule has 1 aliphatic rings. The van der Waals surface area contributed by atoms with Crippen molar-refractivity contribution >= 4 is 12.0 Å². The fraction of sp³-hybridized carbons (Fsp3) is 0.400. The van der Waals surface area contributed by atoms with Crippen LogP contribution < -0.4 is 4.74 Å². The van der Waals surface area contributed by atoms with E-state index in [4.69, 9.17) is 14.2 Å². The first kappa shape index (κ1) is 13.6. The van der Waals surface area contributed by atoms with Crippen LogP contribution in [0.4, 0.5) is 0 Å². The first-order valence-electron chi connectivity index (χ1n) is 6.33. The maximum absolute atomic E-state index is 11.9. The molecule has 0 amide bonds. The first-order chi connectivity index (χ1) is 9.20. The highest BCUT2D eigenvalue weighted by atomic mass is 16.5. The lowest BCUT2D eigenvalue weighted by Crippen LogP contribution is -2.19. The van der Waals surface area contributed by atoms with Gasteiger partial charge in [-0.05, 0) is 19.1 Å². The summed E-state index contributed by atoms with van der Waals surface area (Å²) in [7, 11) is 1.64. The summed E-state index contributed by atoms with van der Waals surface area (Å²) in [6.07, 6.45) is 2.60. The number of rotatable bonds is 5. The van der Waals surface area contributed by atoms with Gasteiger partial charge in [0.1, 0.15) is 12.4 Å². The van der Waals surface area contributed by atoms with Gasteiger partial charge in [0.15, 0.2) is 0 Å². The molecule has 0 aromatic heterocycles. The summed E-state index contributed by atoms with van der Waals surface area (Å²) < 4.78 is 15.8. The molecule has 2 rings (SSSR count). The predicted molar refractivity (Wildman–Crippen MR) is 72.0 cm³/mol. The molecule has 1 aliphatic heterocycles. The molecule has 4 nitrogen and oxygen atoms in total. The van der Waals surface area contributed by atoms with E-state index in [0.29, 0.717) is 18.6 Å². The van der Waals surface area contributed by atoms with E-state index >= 15 is 0 Å². The van der Waals surface area contributed by atoms with Crippen molar-refractivity contribution in [2.24, 2.45) is 0 Å². The summed E-state index contributed by atoms with van der Waals surface area (Å²) >= 11 is 0. The van der Waals surface area contributed by atoms with E-state index in [-0.39, 0.29) is 18.7 Å². The van der Waals surface area contributed by atoms with Crippen molar-refractivity contribution < 1.29 is 19.0 Å². The van der Waals surface area contributed by atoms with Crippen molar-refractivity contribution in [3.05, 3.63) is 35.4 Å². The van der Waals surface area contributed by atoms with E-state index in [0.717, 1.165) is 11.3 Å². The van der Waals surface area contributed by atoms with Crippen LogP contribution in [0.1, 0.15) is 18.9 Å². The molecule has 19 heavy (non-hydrogen) atoms. The van der Waals surface area contributed by atoms with Gasteiger partial charge in [-0.15, -0.1) is 0 Å². The Labute approximate surface area is 113 Å². The second-order valence-electron chi connectivity index (χ2n) is 4.47. The lowest BCUT2D eigenvalue weighted by molar-refractivity contribution is -0.140. The van der Waals surface area contributed by atoms with Crippen LogP contribution in [0.2, 0.25) is 0 Å². The van der Waals surface area contributed by atoms with Gasteiger partial charge in [-0.25, -0.2) is 4.79 Å². The number of benzene rings is 1. The number of esters is 1. The molecule has 0 aliphatic carbocycles. The van der Waals surface area contributed by atoms with E-state index in [1.165, 1.54) is 0 Å². The van der Waals surface area contributed by atoms with E-state index in [1.807, 2.05) is 37.3 Å². The van der Waals surface area contributed by atoms with Crippen LogP contribution in [0.3, 0.4) is 0 Å². The van der Waals surface area contributed by atoms with E-state index in [1.54, 1.807) is 7.11 Å². The maximum Gasteiger partial charge on any atom is 0.337 e. The first-order valence-corrected chi connectivity index (χ1v) is 6.33. The summed E-state index contributed by atoms with van der Waals surface area (Å²) in [5.74, 6) is 0.477. The van der Waals surface area contributed by atoms with Crippen molar-refractivity contribution in [2.75, 3.05) is 20.3 Å². The number of methoxy groups -OCH3 is 1. The molecule has 0 saturated carbocycles. The van der Waals surface area contributed by atoms with Crippen LogP contribution in [-0.2, 0) is 14.3 Å². The monoisotopic (exact) mass is 262 g/mol. The number of carbonyl (C=O) groups excluding carboxylic acids is 1. The Balaban J connectivity index is 1.92. The van der Waals surface area contributed by atoms with Crippen LogP contribution in [-0.4, -0.2) is 32.4 Å². The highest BCUT2D eigenvalue weighted by molar-refractivity contribution is 5.95. The molecule has 0 N–H and O–H groups in total. The molecular weight excluding hydrogens is 244 g/mol. The standard InChI is InChI=1S/C15H18O4/c1-11(17-2)7-8-18-15(16)13-9-12-5-3-4-6-14(12)19-10-13/h3-6,9,11H,7-8,10H2,1-2H3. The molecule has 0 radical (unpaired) electrons. The third kappa shape index (κ3) is 3.58. The average Bonchev–Trinajstić information content (AvgIpc) is 2.46. The number of hydrogen-bond donors (Lipinski definition) is 0. The summed E-state index contributed by atoms with van der Waals surface area (Å²) in [5.41, 5.74) is 1.45. The number of para-hydroxylation sites is 1. The van der Waals surface area contributed by atoms with Crippen LogP contribution in [0.5, 0.6) is 5.75 Å². The molecule has 0 fully saturated rings. The van der Waals surface area contributed by atoms with Crippen LogP contribution >= 0.6 is 0 Å². The smallest absolute Gasteiger partial charge is 0.337 e. The Hall–Kier alpha value is -1.81. The normalized spacial score (nSPS) is 14.9. The van der Waals surface area contributed by atoms with Crippen LogP contribution in [0, 0.1) is 0 Å². The fourth-order valence-corrected chi connectivity index (χ4v) is 1.76. The lowest BCUT2D eigenvalue weighted by Gasteiger charge is -2.17. The third-order valence-electron chi connectivity index (χ3n) is 3.05. The highest BCUT2D eigenvalue weighted by Gasteiger charge is 2.18. The Morgan fingerprint density at radius 1 is 1.42 bits per heavy atom. The van der Waals surface area contributed by atoms with Crippen molar-refractivity contribution in [1.29, 1.82) is 0 Å². The van der Waals surface area contributed by atoms with Gasteiger partial charge in [0.25, 0.3) is 0 Å². The summed E-state index contributed by atoms with van der Waals surface area (Å²) in [6, 6.07) is 7.61. The Kier molecular flexibility index (Phi) is 4.58. The van der Waals surface area contributed by atoms with Gasteiger partial charge in [0.2, 0.25) is 0 Å². The van der Waals surface area contributed by atoms with Gasteiger partial charge in [-0.1, -0.05) is 18.2 Å². The Morgan fingerprint density at radius 3 is 3.00 bits per heavy atom. The zero-order valence-electron chi connectivity index (χ0n) is 11.2. The fourth-order valence-electron chi connectivity index (χ4n) is 1.76. The molecule has 1 unspecified atom stereocenters. The van der Waals surface area contributed by atoms with Crippen molar-refractivity contribution in [2.45, 2.75) is 19.4 Å². The van der Waals surface area contributed by atoms with Crippen molar-refractivity contribution in [3.8, 4) is 5.75 Å². The largest absolute Gasteiger partial charge is 0.488 e.